The Morgan fingerprint density at radius 2 is 2.24 bits per heavy atom. The van der Waals surface area contributed by atoms with Crippen LogP contribution in [0.3, 0.4) is 0 Å². The first-order valence-electron chi connectivity index (χ1n) is 7.17. The molecule has 0 fully saturated rings. The third-order valence-corrected chi connectivity index (χ3v) is 5.22. The van der Waals surface area contributed by atoms with Crippen molar-refractivity contribution in [2.45, 2.75) is 39.3 Å². The second kappa shape index (κ2) is 7.42. The van der Waals surface area contributed by atoms with E-state index in [0.29, 0.717) is 0 Å². The molecule has 116 valence electrons. The molecule has 0 radical (unpaired) electrons. The van der Waals surface area contributed by atoms with Crippen molar-refractivity contribution < 1.29 is 4.74 Å². The number of aromatic nitrogens is 2. The van der Waals surface area contributed by atoms with Crippen LogP contribution >= 0.6 is 27.3 Å². The number of ether oxygens (including phenoxy) is 1. The minimum atomic E-state index is 0.0826. The van der Waals surface area contributed by atoms with Gasteiger partial charge in [0.1, 0.15) is 5.69 Å². The maximum Gasteiger partial charge on any atom is 0.161 e. The van der Waals surface area contributed by atoms with E-state index in [1.165, 1.54) is 4.88 Å². The summed E-state index contributed by atoms with van der Waals surface area (Å²) < 4.78 is 8.71. The maximum atomic E-state index is 5.54. The lowest BCUT2D eigenvalue weighted by atomic mass is 10.1. The van der Waals surface area contributed by atoms with Gasteiger partial charge in [0.15, 0.2) is 5.75 Å². The van der Waals surface area contributed by atoms with Gasteiger partial charge in [-0.1, -0.05) is 6.92 Å². The van der Waals surface area contributed by atoms with Gasteiger partial charge in [0.2, 0.25) is 0 Å². The molecule has 1 atom stereocenters. The summed E-state index contributed by atoms with van der Waals surface area (Å²) in [6.07, 6.45) is 2.88. The first-order valence-corrected chi connectivity index (χ1v) is 8.85. The van der Waals surface area contributed by atoms with E-state index in [1.54, 1.807) is 24.6 Å². The van der Waals surface area contributed by atoms with Gasteiger partial charge in [-0.3, -0.25) is 4.68 Å². The van der Waals surface area contributed by atoms with E-state index >= 15 is 0 Å². The van der Waals surface area contributed by atoms with E-state index < -0.39 is 0 Å². The molecular formula is C15H22BrN3OS. The largest absolute Gasteiger partial charge is 0.493 e. The highest BCUT2D eigenvalue weighted by atomic mass is 79.9. The fourth-order valence-electron chi connectivity index (χ4n) is 2.31. The van der Waals surface area contributed by atoms with Crippen LogP contribution in [-0.4, -0.2) is 23.4 Å². The van der Waals surface area contributed by atoms with Crippen molar-refractivity contribution in [2.75, 3.05) is 13.7 Å². The van der Waals surface area contributed by atoms with Gasteiger partial charge in [0, 0.05) is 15.4 Å². The van der Waals surface area contributed by atoms with Crippen LogP contribution in [0.5, 0.6) is 5.75 Å². The van der Waals surface area contributed by atoms with Crippen LogP contribution in [-0.2, 0) is 0 Å². The van der Waals surface area contributed by atoms with Crippen molar-refractivity contribution >= 4 is 27.3 Å². The molecule has 0 saturated carbocycles. The lowest BCUT2D eigenvalue weighted by molar-refractivity contribution is 0.394. The molecule has 21 heavy (non-hydrogen) atoms. The molecule has 0 spiro atoms. The molecule has 6 heteroatoms. The van der Waals surface area contributed by atoms with Crippen molar-refractivity contribution in [1.29, 1.82) is 0 Å². The summed E-state index contributed by atoms with van der Waals surface area (Å²) in [6, 6.07) is 2.45. The molecule has 1 unspecified atom stereocenters. The molecular weight excluding hydrogens is 350 g/mol. The van der Waals surface area contributed by atoms with Crippen LogP contribution < -0.4 is 10.1 Å². The molecule has 2 rings (SSSR count). The van der Waals surface area contributed by atoms with E-state index in [0.717, 1.165) is 28.9 Å². The van der Waals surface area contributed by atoms with E-state index in [4.69, 9.17) is 4.74 Å². The van der Waals surface area contributed by atoms with Gasteiger partial charge < -0.3 is 10.1 Å². The summed E-state index contributed by atoms with van der Waals surface area (Å²) in [4.78, 5) is 1.25. The predicted molar refractivity (Wildman–Crippen MR) is 91.3 cm³/mol. The molecule has 2 aromatic heterocycles. The Kier molecular flexibility index (Phi) is 5.84. The fraction of sp³-hybridized carbons (Fsp3) is 0.533. The average Bonchev–Trinajstić information content (AvgIpc) is 3.06. The summed E-state index contributed by atoms with van der Waals surface area (Å²) in [5.41, 5.74) is 1.09. The highest BCUT2D eigenvalue weighted by Crippen LogP contribution is 2.37. The third-order valence-electron chi connectivity index (χ3n) is 3.29. The lowest BCUT2D eigenvalue weighted by Gasteiger charge is -2.22. The van der Waals surface area contributed by atoms with E-state index in [1.807, 2.05) is 4.68 Å². The van der Waals surface area contributed by atoms with Gasteiger partial charge >= 0.3 is 0 Å². The molecule has 0 aliphatic heterocycles. The van der Waals surface area contributed by atoms with Crippen LogP contribution in [0.15, 0.2) is 22.1 Å². The predicted octanol–water partition coefficient (Wildman–Crippen LogP) is 4.39. The Balaban J connectivity index is 2.50. The molecule has 0 saturated heterocycles. The minimum absolute atomic E-state index is 0.0826. The number of nitrogens with one attached hydrogen (secondary N) is 1. The van der Waals surface area contributed by atoms with Gasteiger partial charge in [-0.05, 0) is 54.2 Å². The Hall–Kier alpha value is -0.850. The van der Waals surface area contributed by atoms with Gasteiger partial charge in [0.05, 0.1) is 19.3 Å². The maximum absolute atomic E-state index is 5.54. The van der Waals surface area contributed by atoms with Crippen molar-refractivity contribution in [3.05, 3.63) is 32.7 Å². The third kappa shape index (κ3) is 3.49. The lowest BCUT2D eigenvalue weighted by Crippen LogP contribution is -2.26. The molecule has 0 aromatic carbocycles. The zero-order valence-corrected chi connectivity index (χ0v) is 15.3. The quantitative estimate of drug-likeness (QED) is 0.784. The summed E-state index contributed by atoms with van der Waals surface area (Å²) in [6.45, 7) is 7.39. The summed E-state index contributed by atoms with van der Waals surface area (Å²) in [7, 11) is 1.70. The van der Waals surface area contributed by atoms with Crippen LogP contribution in [0.1, 0.15) is 49.8 Å². The zero-order valence-electron chi connectivity index (χ0n) is 12.9. The first kappa shape index (κ1) is 16.5. The number of hydrogen-bond donors (Lipinski definition) is 1. The molecule has 4 nitrogen and oxygen atoms in total. The number of hydrogen-bond acceptors (Lipinski definition) is 4. The molecule has 0 amide bonds. The molecule has 0 aliphatic rings. The smallest absolute Gasteiger partial charge is 0.161 e. The SMILES string of the molecule is CCCNC(c1sccc1Br)c1c(OC)cnn1C(C)C. The Labute approximate surface area is 138 Å². The number of halogens is 1. The second-order valence-corrected chi connectivity index (χ2v) is 6.96. The molecule has 1 N–H and O–H groups in total. The Morgan fingerprint density at radius 1 is 1.48 bits per heavy atom. The van der Waals surface area contributed by atoms with Crippen LogP contribution in [0.25, 0.3) is 0 Å². The van der Waals surface area contributed by atoms with Gasteiger partial charge in [-0.25, -0.2) is 0 Å². The Bertz CT molecular complexity index is 579. The van der Waals surface area contributed by atoms with Gasteiger partial charge in [0.25, 0.3) is 0 Å². The van der Waals surface area contributed by atoms with E-state index in [-0.39, 0.29) is 12.1 Å². The van der Waals surface area contributed by atoms with Crippen LogP contribution in [0.2, 0.25) is 0 Å². The van der Waals surface area contributed by atoms with Gasteiger partial charge in [-0.2, -0.15) is 5.10 Å². The van der Waals surface area contributed by atoms with Crippen LogP contribution in [0.4, 0.5) is 0 Å². The average molecular weight is 372 g/mol. The Morgan fingerprint density at radius 3 is 2.76 bits per heavy atom. The van der Waals surface area contributed by atoms with E-state index in [2.05, 4.69) is 58.6 Å². The summed E-state index contributed by atoms with van der Waals surface area (Å²) in [5, 5.41) is 10.2. The normalized spacial score (nSPS) is 12.9. The topological polar surface area (TPSA) is 39.1 Å². The fourth-order valence-corrected chi connectivity index (χ4v) is 3.99. The molecule has 2 heterocycles. The number of rotatable bonds is 7. The van der Waals surface area contributed by atoms with Crippen molar-refractivity contribution in [1.82, 2.24) is 15.1 Å². The molecule has 0 aliphatic carbocycles. The number of thiophene rings is 1. The van der Waals surface area contributed by atoms with Crippen LogP contribution in [0, 0.1) is 0 Å². The van der Waals surface area contributed by atoms with Crippen molar-refractivity contribution in [3.8, 4) is 5.75 Å². The minimum Gasteiger partial charge on any atom is -0.493 e. The molecule has 2 aromatic rings. The monoisotopic (exact) mass is 371 g/mol. The second-order valence-electron chi connectivity index (χ2n) is 5.16. The molecule has 0 bridgehead atoms. The van der Waals surface area contributed by atoms with Gasteiger partial charge in [-0.15, -0.1) is 11.3 Å². The summed E-state index contributed by atoms with van der Waals surface area (Å²) in [5.74, 6) is 0.831. The van der Waals surface area contributed by atoms with E-state index in [9.17, 15) is 0 Å². The standard InChI is InChI=1S/C15H22BrN3OS/c1-5-7-17-13(15-11(16)6-8-21-15)14-12(20-4)9-18-19(14)10(2)3/h6,8-10,13,17H,5,7H2,1-4H3. The highest BCUT2D eigenvalue weighted by molar-refractivity contribution is 9.10. The number of nitrogens with zero attached hydrogens (tertiary/aromatic N) is 2. The first-order chi connectivity index (χ1) is 10.1. The van der Waals surface area contributed by atoms with Crippen molar-refractivity contribution in [3.63, 3.8) is 0 Å². The summed E-state index contributed by atoms with van der Waals surface area (Å²) >= 11 is 5.39. The zero-order chi connectivity index (χ0) is 15.4. The van der Waals surface area contributed by atoms with Crippen molar-refractivity contribution in [2.24, 2.45) is 0 Å². The number of methoxy groups -OCH3 is 1. The highest BCUT2D eigenvalue weighted by Gasteiger charge is 2.26.